The normalized spacial score (nSPS) is 10.2. The zero-order chi connectivity index (χ0) is 18.9. The Bertz CT molecular complexity index is 762. The van der Waals surface area contributed by atoms with Gasteiger partial charge in [-0.2, -0.15) is 0 Å². The average Bonchev–Trinajstić information content (AvgIpc) is 2.65. The van der Waals surface area contributed by atoms with E-state index in [-0.39, 0.29) is 17.2 Å². The third-order valence-electron chi connectivity index (χ3n) is 3.88. The predicted octanol–water partition coefficient (Wildman–Crippen LogP) is 2.50. The van der Waals surface area contributed by atoms with Crippen LogP contribution in [-0.2, 0) is 11.3 Å². The van der Waals surface area contributed by atoms with Gasteiger partial charge in [0.05, 0.1) is 25.5 Å². The van der Waals surface area contributed by atoms with Gasteiger partial charge in [0, 0.05) is 37.1 Å². The van der Waals surface area contributed by atoms with Gasteiger partial charge in [0.1, 0.15) is 6.54 Å². The second kappa shape index (κ2) is 9.41. The van der Waals surface area contributed by atoms with Crippen molar-refractivity contribution in [2.24, 2.45) is 0 Å². The first kappa shape index (κ1) is 19.2. The smallest absolute Gasteiger partial charge is 0.337 e. The number of pyridine rings is 1. The van der Waals surface area contributed by atoms with Gasteiger partial charge in [0.25, 0.3) is 0 Å². The summed E-state index contributed by atoms with van der Waals surface area (Å²) in [6.07, 6.45) is 5.80. The quantitative estimate of drug-likeness (QED) is 0.530. The van der Waals surface area contributed by atoms with E-state index in [0.717, 1.165) is 13.0 Å². The van der Waals surface area contributed by atoms with Crippen LogP contribution in [0.25, 0.3) is 0 Å². The minimum absolute atomic E-state index is 0.0455. The molecule has 7 heteroatoms. The summed E-state index contributed by atoms with van der Waals surface area (Å²) in [5.41, 5.74) is 0.147. The number of rotatable bonds is 9. The van der Waals surface area contributed by atoms with Crippen LogP contribution in [0.4, 0.5) is 5.69 Å². The Morgan fingerprint density at radius 1 is 1.04 bits per heavy atom. The Morgan fingerprint density at radius 2 is 1.69 bits per heavy atom. The Balaban J connectivity index is 1.96. The van der Waals surface area contributed by atoms with E-state index in [1.54, 1.807) is 0 Å². The Kier molecular flexibility index (Phi) is 6.96. The number of unbranched alkanes of at least 4 members (excludes halogenated alkanes) is 1. The fourth-order valence-electron chi connectivity index (χ4n) is 2.54. The van der Waals surface area contributed by atoms with Crippen molar-refractivity contribution in [1.82, 2.24) is 0 Å². The van der Waals surface area contributed by atoms with Crippen LogP contribution in [0.3, 0.4) is 0 Å². The Morgan fingerprint density at radius 3 is 2.31 bits per heavy atom. The molecule has 0 aliphatic heterocycles. The number of nitrogens with zero attached hydrogens (tertiary/aromatic N) is 1. The molecule has 26 heavy (non-hydrogen) atoms. The molecule has 0 unspecified atom stereocenters. The van der Waals surface area contributed by atoms with Gasteiger partial charge in [-0.1, -0.05) is 6.07 Å². The molecule has 0 spiro atoms. The first-order valence-electron chi connectivity index (χ1n) is 8.28. The molecule has 7 nitrogen and oxygen atoms in total. The maximum Gasteiger partial charge on any atom is 0.337 e. The molecule has 0 saturated carbocycles. The number of aryl methyl sites for hydroxylation is 1. The molecule has 0 radical (unpaired) electrons. The third-order valence-corrected chi connectivity index (χ3v) is 3.88. The van der Waals surface area contributed by atoms with Crippen LogP contribution >= 0.6 is 0 Å². The maximum atomic E-state index is 12.2. The summed E-state index contributed by atoms with van der Waals surface area (Å²) in [7, 11) is 2.87. The molecule has 2 rings (SSSR count). The highest BCUT2D eigenvalue weighted by molar-refractivity contribution is 6.01. The van der Waals surface area contributed by atoms with Crippen LogP contribution < -0.4 is 19.4 Å². The SMILES string of the molecule is COc1cc(NC(=O)CCCC[n+]2ccccc2)c(C(=O)O)cc1OC. The van der Waals surface area contributed by atoms with Crippen LogP contribution in [-0.4, -0.2) is 31.2 Å². The van der Waals surface area contributed by atoms with Crippen molar-refractivity contribution in [3.63, 3.8) is 0 Å². The first-order chi connectivity index (χ1) is 12.5. The van der Waals surface area contributed by atoms with Crippen LogP contribution in [0.2, 0.25) is 0 Å². The van der Waals surface area contributed by atoms with Gasteiger partial charge in [0.2, 0.25) is 5.91 Å². The highest BCUT2D eigenvalue weighted by Crippen LogP contribution is 2.33. The van der Waals surface area contributed by atoms with Crippen LogP contribution in [0.15, 0.2) is 42.7 Å². The molecule has 2 aromatic rings. The average molecular weight is 359 g/mol. The van der Waals surface area contributed by atoms with Gasteiger partial charge >= 0.3 is 5.97 Å². The van der Waals surface area contributed by atoms with Gasteiger partial charge in [-0.15, -0.1) is 0 Å². The lowest BCUT2D eigenvalue weighted by atomic mass is 10.1. The van der Waals surface area contributed by atoms with E-state index in [9.17, 15) is 14.7 Å². The molecule has 138 valence electrons. The van der Waals surface area contributed by atoms with E-state index in [1.165, 1.54) is 26.4 Å². The summed E-state index contributed by atoms with van der Waals surface area (Å²) in [5, 5.41) is 12.0. The second-order valence-corrected chi connectivity index (χ2v) is 5.68. The van der Waals surface area contributed by atoms with E-state index >= 15 is 0 Å². The van der Waals surface area contributed by atoms with Crippen molar-refractivity contribution in [2.45, 2.75) is 25.8 Å². The van der Waals surface area contributed by atoms with Crippen LogP contribution in [0, 0.1) is 0 Å². The molecular formula is C19H23N2O5+. The lowest BCUT2D eigenvalue weighted by Gasteiger charge is -2.13. The molecule has 1 amide bonds. The van der Waals surface area contributed by atoms with Gasteiger partial charge in [0.15, 0.2) is 23.9 Å². The van der Waals surface area contributed by atoms with Crippen molar-refractivity contribution in [3.05, 3.63) is 48.3 Å². The molecule has 1 aromatic heterocycles. The summed E-state index contributed by atoms with van der Waals surface area (Å²) in [5.74, 6) is -0.740. The number of anilines is 1. The lowest BCUT2D eigenvalue weighted by Crippen LogP contribution is -2.32. The number of hydrogen-bond acceptors (Lipinski definition) is 4. The summed E-state index contributed by atoms with van der Waals surface area (Å²) in [6.45, 7) is 0.824. The summed E-state index contributed by atoms with van der Waals surface area (Å²) in [6, 6.07) is 8.66. The highest BCUT2D eigenvalue weighted by Gasteiger charge is 2.18. The number of methoxy groups -OCH3 is 2. The van der Waals surface area contributed by atoms with Crippen molar-refractivity contribution in [2.75, 3.05) is 19.5 Å². The molecule has 0 aliphatic rings. The number of benzene rings is 1. The number of ether oxygens (including phenoxy) is 2. The molecule has 1 aromatic carbocycles. The number of amides is 1. The van der Waals surface area contributed by atoms with Gasteiger partial charge in [-0.25, -0.2) is 9.36 Å². The maximum absolute atomic E-state index is 12.2. The van der Waals surface area contributed by atoms with Crippen molar-refractivity contribution >= 4 is 17.6 Å². The number of carbonyl (C=O) groups is 2. The van der Waals surface area contributed by atoms with Crippen molar-refractivity contribution < 1.29 is 28.7 Å². The predicted molar refractivity (Wildman–Crippen MR) is 95.6 cm³/mol. The Hall–Kier alpha value is -3.09. The minimum Gasteiger partial charge on any atom is -0.493 e. The number of nitrogens with one attached hydrogen (secondary N) is 1. The fourth-order valence-corrected chi connectivity index (χ4v) is 2.54. The van der Waals surface area contributed by atoms with Gasteiger partial charge in [-0.3, -0.25) is 4.79 Å². The Labute approximate surface area is 152 Å². The topological polar surface area (TPSA) is 88.7 Å². The number of carboxylic acid groups (broad SMARTS) is 1. The number of hydrogen-bond donors (Lipinski definition) is 2. The molecule has 0 fully saturated rings. The number of aromatic carboxylic acids is 1. The van der Waals surface area contributed by atoms with Gasteiger partial charge < -0.3 is 19.9 Å². The minimum atomic E-state index is -1.15. The lowest BCUT2D eigenvalue weighted by molar-refractivity contribution is -0.697. The molecule has 1 heterocycles. The van der Waals surface area contributed by atoms with Gasteiger partial charge in [-0.05, 0) is 6.42 Å². The van der Waals surface area contributed by atoms with Crippen molar-refractivity contribution in [3.8, 4) is 11.5 Å². The van der Waals surface area contributed by atoms with E-state index in [1.807, 2.05) is 30.6 Å². The molecule has 0 bridgehead atoms. The molecule has 2 N–H and O–H groups in total. The zero-order valence-electron chi connectivity index (χ0n) is 14.9. The van der Waals surface area contributed by atoms with Crippen LogP contribution in [0.5, 0.6) is 11.5 Å². The number of carboxylic acids is 1. The van der Waals surface area contributed by atoms with Crippen molar-refractivity contribution in [1.29, 1.82) is 0 Å². The second-order valence-electron chi connectivity index (χ2n) is 5.68. The van der Waals surface area contributed by atoms with Crippen LogP contribution in [0.1, 0.15) is 29.6 Å². The largest absolute Gasteiger partial charge is 0.493 e. The zero-order valence-corrected chi connectivity index (χ0v) is 14.9. The molecule has 0 saturated heterocycles. The fraction of sp³-hybridized carbons (Fsp3) is 0.316. The monoisotopic (exact) mass is 359 g/mol. The first-order valence-corrected chi connectivity index (χ1v) is 8.28. The standard InChI is InChI=1S/C19H22N2O5/c1-25-16-12-14(19(23)24)15(13-17(16)26-2)20-18(22)8-4-7-11-21-9-5-3-6-10-21/h3,5-6,9-10,12-13H,4,7-8,11H2,1-2H3,(H-,20,22,23,24)/p+1. The van der Waals surface area contributed by atoms with E-state index in [0.29, 0.717) is 24.3 Å². The van der Waals surface area contributed by atoms with E-state index in [2.05, 4.69) is 9.88 Å². The molecule has 0 aliphatic carbocycles. The van der Waals surface area contributed by atoms with E-state index in [4.69, 9.17) is 9.47 Å². The summed E-state index contributed by atoms with van der Waals surface area (Å²) >= 11 is 0. The molecular weight excluding hydrogens is 336 g/mol. The summed E-state index contributed by atoms with van der Waals surface area (Å²) < 4.78 is 12.3. The third kappa shape index (κ3) is 5.20. The molecule has 0 atom stereocenters. The number of aromatic nitrogens is 1. The van der Waals surface area contributed by atoms with E-state index < -0.39 is 5.97 Å². The number of carbonyl (C=O) groups excluding carboxylic acids is 1. The highest BCUT2D eigenvalue weighted by atomic mass is 16.5. The summed E-state index contributed by atoms with van der Waals surface area (Å²) in [4.78, 5) is 23.6.